The zero-order valence-corrected chi connectivity index (χ0v) is 9.59. The average Bonchev–Trinajstić information content (AvgIpc) is 2.38. The second kappa shape index (κ2) is 5.63. The Bertz CT molecular complexity index is 372. The number of non-ortho nitro benzene ring substituents is 1. The number of ether oxygens (including phenoxy) is 1. The van der Waals surface area contributed by atoms with Crippen molar-refractivity contribution in [1.82, 2.24) is 5.32 Å². The minimum atomic E-state index is -0.408. The number of nitro benzene ring substituents is 1. The van der Waals surface area contributed by atoms with Crippen molar-refractivity contribution in [3.63, 3.8) is 0 Å². The highest BCUT2D eigenvalue weighted by molar-refractivity contribution is 5.35. The molecule has 0 radical (unpaired) electrons. The van der Waals surface area contributed by atoms with Gasteiger partial charge in [-0.25, -0.2) is 0 Å². The molecule has 1 atom stereocenters. The summed E-state index contributed by atoms with van der Waals surface area (Å²) in [5, 5.41) is 13.8. The molecule has 1 aliphatic heterocycles. The zero-order chi connectivity index (χ0) is 12.1. The summed E-state index contributed by atoms with van der Waals surface area (Å²) in [6.45, 7) is 2.76. The predicted octanol–water partition coefficient (Wildman–Crippen LogP) is 1.97. The van der Waals surface area contributed by atoms with Crippen LogP contribution >= 0.6 is 0 Å². The quantitative estimate of drug-likeness (QED) is 0.641. The van der Waals surface area contributed by atoms with Gasteiger partial charge in [-0.1, -0.05) is 0 Å². The molecule has 0 aromatic heterocycles. The molecular weight excluding hydrogens is 220 g/mol. The van der Waals surface area contributed by atoms with E-state index in [0.717, 1.165) is 13.1 Å². The van der Waals surface area contributed by atoms with Crippen LogP contribution in [-0.2, 0) is 0 Å². The van der Waals surface area contributed by atoms with E-state index in [1.54, 1.807) is 12.1 Å². The maximum Gasteiger partial charge on any atom is 0.269 e. The van der Waals surface area contributed by atoms with Crippen molar-refractivity contribution < 1.29 is 9.66 Å². The van der Waals surface area contributed by atoms with Gasteiger partial charge >= 0.3 is 0 Å². The van der Waals surface area contributed by atoms with Gasteiger partial charge in [0.15, 0.2) is 0 Å². The molecular formula is C12H16N2O3. The van der Waals surface area contributed by atoms with E-state index in [1.807, 2.05) is 0 Å². The van der Waals surface area contributed by atoms with Crippen LogP contribution in [0.3, 0.4) is 0 Å². The first-order valence-corrected chi connectivity index (χ1v) is 5.83. The summed E-state index contributed by atoms with van der Waals surface area (Å²) in [7, 11) is 0. The van der Waals surface area contributed by atoms with E-state index in [0.29, 0.717) is 18.3 Å². The number of piperidine rings is 1. The van der Waals surface area contributed by atoms with Gasteiger partial charge < -0.3 is 10.1 Å². The van der Waals surface area contributed by atoms with Gasteiger partial charge in [0.25, 0.3) is 5.69 Å². The number of hydrogen-bond donors (Lipinski definition) is 1. The topological polar surface area (TPSA) is 64.4 Å². The Morgan fingerprint density at radius 3 is 2.76 bits per heavy atom. The molecule has 5 heteroatoms. The normalized spacial score (nSPS) is 19.9. The summed E-state index contributed by atoms with van der Waals surface area (Å²) >= 11 is 0. The fourth-order valence-corrected chi connectivity index (χ4v) is 1.94. The monoisotopic (exact) mass is 236 g/mol. The molecule has 0 aliphatic carbocycles. The first-order valence-electron chi connectivity index (χ1n) is 5.83. The van der Waals surface area contributed by atoms with Gasteiger partial charge in [0.05, 0.1) is 11.5 Å². The van der Waals surface area contributed by atoms with Crippen molar-refractivity contribution in [1.29, 1.82) is 0 Å². The van der Waals surface area contributed by atoms with E-state index < -0.39 is 4.92 Å². The van der Waals surface area contributed by atoms with E-state index in [-0.39, 0.29) is 5.69 Å². The van der Waals surface area contributed by atoms with Crippen LogP contribution in [0.25, 0.3) is 0 Å². The Kier molecular flexibility index (Phi) is 3.93. The van der Waals surface area contributed by atoms with Crippen LogP contribution in [0.1, 0.15) is 12.8 Å². The van der Waals surface area contributed by atoms with Crippen molar-refractivity contribution in [2.75, 3.05) is 19.7 Å². The Morgan fingerprint density at radius 2 is 2.18 bits per heavy atom. The van der Waals surface area contributed by atoms with Gasteiger partial charge in [0.2, 0.25) is 0 Å². The van der Waals surface area contributed by atoms with E-state index >= 15 is 0 Å². The third-order valence-corrected chi connectivity index (χ3v) is 2.93. The Balaban J connectivity index is 1.84. The third kappa shape index (κ3) is 3.42. The van der Waals surface area contributed by atoms with Crippen LogP contribution in [0.2, 0.25) is 0 Å². The summed E-state index contributed by atoms with van der Waals surface area (Å²) in [5.74, 6) is 1.24. The van der Waals surface area contributed by atoms with Crippen LogP contribution in [0.5, 0.6) is 5.75 Å². The first-order chi connectivity index (χ1) is 8.25. The number of benzene rings is 1. The lowest BCUT2D eigenvalue weighted by atomic mass is 10.0. The van der Waals surface area contributed by atoms with Gasteiger partial charge in [-0.2, -0.15) is 0 Å². The fourth-order valence-electron chi connectivity index (χ4n) is 1.94. The van der Waals surface area contributed by atoms with Crippen LogP contribution in [0.15, 0.2) is 24.3 Å². The molecule has 1 aromatic carbocycles. The Labute approximate surface area is 99.9 Å². The standard InChI is InChI=1S/C12H16N2O3/c15-14(16)11-3-5-12(6-4-11)17-9-10-2-1-7-13-8-10/h3-6,10,13H,1-2,7-9H2/t10-/m0/s1. The SMILES string of the molecule is O=[N+]([O-])c1ccc(OC[C@H]2CCCNC2)cc1. The van der Waals surface area contributed by atoms with Crippen LogP contribution in [-0.4, -0.2) is 24.6 Å². The minimum absolute atomic E-state index is 0.0942. The molecule has 0 saturated carbocycles. The van der Waals surface area contributed by atoms with E-state index in [1.165, 1.54) is 25.0 Å². The van der Waals surface area contributed by atoms with Crippen LogP contribution < -0.4 is 10.1 Å². The smallest absolute Gasteiger partial charge is 0.269 e. The number of nitrogens with zero attached hydrogens (tertiary/aromatic N) is 1. The van der Waals surface area contributed by atoms with Gasteiger partial charge in [-0.15, -0.1) is 0 Å². The van der Waals surface area contributed by atoms with E-state index in [2.05, 4.69) is 5.32 Å². The average molecular weight is 236 g/mol. The summed E-state index contributed by atoms with van der Waals surface area (Å²) < 4.78 is 5.62. The molecule has 0 unspecified atom stereocenters. The van der Waals surface area contributed by atoms with Crippen molar-refractivity contribution in [3.8, 4) is 5.75 Å². The highest BCUT2D eigenvalue weighted by Crippen LogP contribution is 2.19. The summed E-state index contributed by atoms with van der Waals surface area (Å²) in [5.41, 5.74) is 0.0942. The minimum Gasteiger partial charge on any atom is -0.493 e. The molecule has 1 saturated heterocycles. The molecule has 0 bridgehead atoms. The second-order valence-corrected chi connectivity index (χ2v) is 4.27. The predicted molar refractivity (Wildman–Crippen MR) is 64.2 cm³/mol. The third-order valence-electron chi connectivity index (χ3n) is 2.93. The van der Waals surface area contributed by atoms with Gasteiger partial charge in [-0.05, 0) is 31.5 Å². The number of nitrogens with one attached hydrogen (secondary N) is 1. The zero-order valence-electron chi connectivity index (χ0n) is 9.59. The largest absolute Gasteiger partial charge is 0.493 e. The molecule has 5 nitrogen and oxygen atoms in total. The van der Waals surface area contributed by atoms with Crippen molar-refractivity contribution in [2.24, 2.45) is 5.92 Å². The summed E-state index contributed by atoms with van der Waals surface area (Å²) in [4.78, 5) is 10.1. The number of hydrogen-bond acceptors (Lipinski definition) is 4. The molecule has 1 heterocycles. The molecule has 92 valence electrons. The van der Waals surface area contributed by atoms with E-state index in [9.17, 15) is 10.1 Å². The molecule has 0 spiro atoms. The maximum atomic E-state index is 10.5. The maximum absolute atomic E-state index is 10.5. The van der Waals surface area contributed by atoms with Gasteiger partial charge in [0.1, 0.15) is 5.75 Å². The van der Waals surface area contributed by atoms with Crippen molar-refractivity contribution >= 4 is 5.69 Å². The van der Waals surface area contributed by atoms with Crippen molar-refractivity contribution in [2.45, 2.75) is 12.8 Å². The highest BCUT2D eigenvalue weighted by atomic mass is 16.6. The Hall–Kier alpha value is -1.62. The number of nitro groups is 1. The second-order valence-electron chi connectivity index (χ2n) is 4.27. The Morgan fingerprint density at radius 1 is 1.41 bits per heavy atom. The highest BCUT2D eigenvalue weighted by Gasteiger charge is 2.13. The lowest BCUT2D eigenvalue weighted by Gasteiger charge is -2.22. The van der Waals surface area contributed by atoms with Gasteiger partial charge in [-0.3, -0.25) is 10.1 Å². The fraction of sp³-hybridized carbons (Fsp3) is 0.500. The first kappa shape index (κ1) is 11.9. The molecule has 1 N–H and O–H groups in total. The number of rotatable bonds is 4. The summed E-state index contributed by atoms with van der Waals surface area (Å²) in [6, 6.07) is 6.23. The molecule has 2 rings (SSSR count). The molecule has 0 amide bonds. The summed E-state index contributed by atoms with van der Waals surface area (Å²) in [6.07, 6.45) is 2.37. The molecule has 1 aliphatic rings. The lowest BCUT2D eigenvalue weighted by molar-refractivity contribution is -0.384. The van der Waals surface area contributed by atoms with E-state index in [4.69, 9.17) is 4.74 Å². The lowest BCUT2D eigenvalue weighted by Crippen LogP contribution is -2.33. The van der Waals surface area contributed by atoms with Crippen LogP contribution in [0.4, 0.5) is 5.69 Å². The van der Waals surface area contributed by atoms with Crippen LogP contribution in [0, 0.1) is 16.0 Å². The molecule has 17 heavy (non-hydrogen) atoms. The molecule has 1 fully saturated rings. The molecule has 1 aromatic rings. The van der Waals surface area contributed by atoms with Crippen molar-refractivity contribution in [3.05, 3.63) is 34.4 Å². The van der Waals surface area contributed by atoms with Gasteiger partial charge in [0, 0.05) is 24.6 Å².